The van der Waals surface area contributed by atoms with Crippen molar-refractivity contribution in [2.45, 2.75) is 71.1 Å². The minimum atomic E-state index is -2.95. The first-order valence-electron chi connectivity index (χ1n) is 7.81. The average molecular weight is 289 g/mol. The summed E-state index contributed by atoms with van der Waals surface area (Å²) < 4.78 is 25.1. The van der Waals surface area contributed by atoms with Crippen molar-refractivity contribution in [3.63, 3.8) is 0 Å². The molecular weight excluding hydrogens is 258 g/mol. The summed E-state index contributed by atoms with van der Waals surface area (Å²) in [6.07, 6.45) is 5.03. The van der Waals surface area contributed by atoms with E-state index in [1.165, 1.54) is 6.42 Å². The molecule has 0 aliphatic heterocycles. The van der Waals surface area contributed by atoms with Gasteiger partial charge >= 0.3 is 0 Å². The minimum absolute atomic E-state index is 0.0964. The third-order valence-corrected chi connectivity index (χ3v) is 6.54. The molecule has 4 heteroatoms. The maximum absolute atomic E-state index is 12.6. The number of sulfone groups is 1. The molecule has 1 saturated carbocycles. The molecule has 1 rings (SSSR count). The van der Waals surface area contributed by atoms with Crippen LogP contribution in [-0.4, -0.2) is 32.0 Å². The first kappa shape index (κ1) is 17.0. The Morgan fingerprint density at radius 2 is 1.95 bits per heavy atom. The minimum Gasteiger partial charge on any atom is -0.313 e. The third kappa shape index (κ3) is 5.42. The van der Waals surface area contributed by atoms with Crippen LogP contribution in [0.2, 0.25) is 0 Å². The Labute approximate surface area is 119 Å². The molecule has 0 heterocycles. The third-order valence-electron chi connectivity index (χ3n) is 4.27. The molecule has 3 unspecified atom stereocenters. The number of nitrogens with one attached hydrogen (secondary N) is 1. The molecule has 3 atom stereocenters. The van der Waals surface area contributed by atoms with Crippen molar-refractivity contribution in [2.24, 2.45) is 11.8 Å². The van der Waals surface area contributed by atoms with Gasteiger partial charge in [-0.1, -0.05) is 40.5 Å². The zero-order valence-electron chi connectivity index (χ0n) is 13.0. The Morgan fingerprint density at radius 3 is 2.47 bits per heavy atom. The normalized spacial score (nSPS) is 26.6. The topological polar surface area (TPSA) is 46.2 Å². The van der Waals surface area contributed by atoms with Crippen molar-refractivity contribution in [1.29, 1.82) is 0 Å². The molecule has 1 aliphatic carbocycles. The van der Waals surface area contributed by atoms with Gasteiger partial charge in [0.15, 0.2) is 9.84 Å². The highest BCUT2D eigenvalue weighted by Gasteiger charge is 2.32. The number of rotatable bonds is 7. The molecule has 1 fully saturated rings. The molecule has 19 heavy (non-hydrogen) atoms. The van der Waals surface area contributed by atoms with Crippen LogP contribution in [0.4, 0.5) is 0 Å². The van der Waals surface area contributed by atoms with Crippen molar-refractivity contribution in [3.8, 4) is 0 Å². The highest BCUT2D eigenvalue weighted by atomic mass is 32.2. The summed E-state index contributed by atoms with van der Waals surface area (Å²) in [4.78, 5) is 0. The van der Waals surface area contributed by atoms with E-state index in [2.05, 4.69) is 33.0 Å². The smallest absolute Gasteiger partial charge is 0.154 e. The van der Waals surface area contributed by atoms with E-state index >= 15 is 0 Å². The van der Waals surface area contributed by atoms with Crippen LogP contribution in [0.15, 0.2) is 0 Å². The second-order valence-electron chi connectivity index (χ2n) is 6.53. The van der Waals surface area contributed by atoms with Gasteiger partial charge in [0.2, 0.25) is 0 Å². The van der Waals surface area contributed by atoms with Gasteiger partial charge in [-0.3, -0.25) is 0 Å². The largest absolute Gasteiger partial charge is 0.313 e. The Bertz CT molecular complexity index is 351. The highest BCUT2D eigenvalue weighted by molar-refractivity contribution is 7.92. The van der Waals surface area contributed by atoms with Crippen LogP contribution in [0.1, 0.15) is 59.8 Å². The maximum atomic E-state index is 12.6. The second-order valence-corrected chi connectivity index (χ2v) is 8.85. The summed E-state index contributed by atoms with van der Waals surface area (Å²) in [7, 11) is -2.95. The van der Waals surface area contributed by atoms with E-state index in [0.717, 1.165) is 32.2 Å². The second kappa shape index (κ2) is 7.63. The average Bonchev–Trinajstić information content (AvgIpc) is 2.34. The molecule has 3 nitrogen and oxygen atoms in total. The Hall–Kier alpha value is -0.0900. The lowest BCUT2D eigenvalue weighted by atomic mass is 9.91. The van der Waals surface area contributed by atoms with Crippen LogP contribution in [-0.2, 0) is 9.84 Å². The molecule has 0 radical (unpaired) electrons. The van der Waals surface area contributed by atoms with Crippen molar-refractivity contribution in [3.05, 3.63) is 0 Å². The molecule has 1 N–H and O–H groups in total. The van der Waals surface area contributed by atoms with Crippen LogP contribution in [0.5, 0.6) is 0 Å². The highest BCUT2D eigenvalue weighted by Crippen LogP contribution is 2.29. The zero-order valence-corrected chi connectivity index (χ0v) is 13.8. The van der Waals surface area contributed by atoms with Gasteiger partial charge in [-0.25, -0.2) is 8.42 Å². The first-order valence-corrected chi connectivity index (χ1v) is 9.53. The first-order chi connectivity index (χ1) is 8.86. The Kier molecular flexibility index (Phi) is 6.81. The zero-order chi connectivity index (χ0) is 14.5. The lowest BCUT2D eigenvalue weighted by Crippen LogP contribution is -2.43. The Morgan fingerprint density at radius 1 is 1.26 bits per heavy atom. The van der Waals surface area contributed by atoms with Gasteiger partial charge in [-0.15, -0.1) is 0 Å². The molecule has 0 bridgehead atoms. The molecule has 0 saturated heterocycles. The van der Waals surface area contributed by atoms with Crippen molar-refractivity contribution in [2.75, 3.05) is 12.3 Å². The van der Waals surface area contributed by atoms with Crippen LogP contribution >= 0.6 is 0 Å². The van der Waals surface area contributed by atoms with Gasteiger partial charge in [-0.05, 0) is 37.6 Å². The van der Waals surface area contributed by atoms with E-state index in [1.807, 2.05) is 0 Å². The van der Waals surface area contributed by atoms with Gasteiger partial charge in [0.1, 0.15) is 0 Å². The SMILES string of the molecule is CCCNC(CS(=O)(=O)C1CCCC(C)C1)C(C)C. The van der Waals surface area contributed by atoms with Gasteiger partial charge in [0, 0.05) is 6.04 Å². The molecule has 1 aliphatic rings. The summed E-state index contributed by atoms with van der Waals surface area (Å²) in [5.41, 5.74) is 0. The molecule has 0 aromatic carbocycles. The fourth-order valence-corrected chi connectivity index (χ4v) is 5.33. The molecule has 0 aromatic rings. The predicted molar refractivity (Wildman–Crippen MR) is 82.1 cm³/mol. The molecular formula is C15H31NO2S. The molecule has 114 valence electrons. The number of hydrogen-bond donors (Lipinski definition) is 1. The summed E-state index contributed by atoms with van der Waals surface area (Å²) >= 11 is 0. The van der Waals surface area contributed by atoms with E-state index in [0.29, 0.717) is 17.6 Å². The molecule has 0 amide bonds. The van der Waals surface area contributed by atoms with Gasteiger partial charge in [0.05, 0.1) is 11.0 Å². The maximum Gasteiger partial charge on any atom is 0.154 e. The predicted octanol–water partition coefficient (Wildman–Crippen LogP) is 3.00. The quantitative estimate of drug-likeness (QED) is 0.783. The van der Waals surface area contributed by atoms with Crippen LogP contribution in [0.25, 0.3) is 0 Å². The van der Waals surface area contributed by atoms with E-state index in [9.17, 15) is 8.42 Å². The van der Waals surface area contributed by atoms with Crippen molar-refractivity contribution in [1.82, 2.24) is 5.32 Å². The van der Waals surface area contributed by atoms with E-state index < -0.39 is 9.84 Å². The summed E-state index contributed by atoms with van der Waals surface area (Å²) in [5, 5.41) is 3.30. The van der Waals surface area contributed by atoms with Crippen molar-refractivity contribution >= 4 is 9.84 Å². The van der Waals surface area contributed by atoms with Crippen LogP contribution < -0.4 is 5.32 Å². The lowest BCUT2D eigenvalue weighted by molar-refractivity contribution is 0.376. The molecule has 0 spiro atoms. The molecule has 0 aromatic heterocycles. The number of hydrogen-bond acceptors (Lipinski definition) is 3. The van der Waals surface area contributed by atoms with Gasteiger partial charge in [-0.2, -0.15) is 0 Å². The van der Waals surface area contributed by atoms with Gasteiger partial charge < -0.3 is 5.32 Å². The standard InChI is InChI=1S/C15H31NO2S/c1-5-9-16-15(12(2)3)11-19(17,18)14-8-6-7-13(4)10-14/h12-16H,5-11H2,1-4H3. The lowest BCUT2D eigenvalue weighted by Gasteiger charge is -2.29. The Balaban J connectivity index is 2.64. The summed E-state index contributed by atoms with van der Waals surface area (Å²) in [6.45, 7) is 9.40. The van der Waals surface area contributed by atoms with Crippen LogP contribution in [0, 0.1) is 11.8 Å². The van der Waals surface area contributed by atoms with E-state index in [1.54, 1.807) is 0 Å². The van der Waals surface area contributed by atoms with E-state index in [4.69, 9.17) is 0 Å². The van der Waals surface area contributed by atoms with Gasteiger partial charge in [0.25, 0.3) is 0 Å². The monoisotopic (exact) mass is 289 g/mol. The van der Waals surface area contributed by atoms with Crippen molar-refractivity contribution < 1.29 is 8.42 Å². The summed E-state index contributed by atoms with van der Waals surface area (Å²) in [6, 6.07) is 0.0992. The fourth-order valence-electron chi connectivity index (χ4n) is 2.91. The van der Waals surface area contributed by atoms with Crippen LogP contribution in [0.3, 0.4) is 0 Å². The van der Waals surface area contributed by atoms with E-state index in [-0.39, 0.29) is 11.3 Å². The summed E-state index contributed by atoms with van der Waals surface area (Å²) in [5.74, 6) is 1.24. The fraction of sp³-hybridized carbons (Fsp3) is 1.00.